The number of carbonyl (C=O) groups excluding carboxylic acids is 1. The third kappa shape index (κ3) is 7.20. The van der Waals surface area contributed by atoms with Gasteiger partial charge in [-0.2, -0.15) is 0 Å². The van der Waals surface area contributed by atoms with E-state index in [0.717, 1.165) is 24.3 Å². The molecule has 0 spiro atoms. The zero-order valence-electron chi connectivity index (χ0n) is 16.9. The normalized spacial score (nSPS) is 17.8. The molecule has 2 aromatic rings. The summed E-state index contributed by atoms with van der Waals surface area (Å²) < 4.78 is 22.1. The number of furan rings is 1. The Morgan fingerprint density at radius 3 is 2.90 bits per heavy atom. The lowest BCUT2D eigenvalue weighted by Gasteiger charge is -2.35. The summed E-state index contributed by atoms with van der Waals surface area (Å²) in [4.78, 5) is 14.1. The summed E-state index contributed by atoms with van der Waals surface area (Å²) in [7, 11) is 0. The van der Waals surface area contributed by atoms with E-state index in [1.54, 1.807) is 11.2 Å². The summed E-state index contributed by atoms with van der Waals surface area (Å²) in [6.07, 6.45) is 2.19. The number of ether oxygens (including phenoxy) is 3. The Hall–Kier alpha value is -2.35. The lowest BCUT2D eigenvalue weighted by molar-refractivity contribution is -0.0419. The number of amides is 1. The van der Waals surface area contributed by atoms with Crippen LogP contribution in [0, 0.1) is 0 Å². The molecular formula is C22H30N2O5. The van der Waals surface area contributed by atoms with Gasteiger partial charge < -0.3 is 28.8 Å². The van der Waals surface area contributed by atoms with Gasteiger partial charge in [0.1, 0.15) is 19.0 Å². The average Bonchev–Trinajstić information content (AvgIpc) is 3.28. The Balaban J connectivity index is 1.31. The fourth-order valence-electron chi connectivity index (χ4n) is 3.16. The van der Waals surface area contributed by atoms with Crippen molar-refractivity contribution in [3.63, 3.8) is 0 Å². The number of carbonyl (C=O) groups is 1. The van der Waals surface area contributed by atoms with E-state index in [2.05, 4.69) is 12.2 Å². The van der Waals surface area contributed by atoms with E-state index in [9.17, 15) is 4.79 Å². The van der Waals surface area contributed by atoms with Crippen LogP contribution in [0.15, 0.2) is 53.1 Å². The average molecular weight is 402 g/mol. The van der Waals surface area contributed by atoms with Crippen molar-refractivity contribution in [3.8, 4) is 0 Å². The van der Waals surface area contributed by atoms with Crippen LogP contribution in [0.25, 0.3) is 0 Å². The summed E-state index contributed by atoms with van der Waals surface area (Å²) in [6, 6.07) is 13.6. The first kappa shape index (κ1) is 21.4. The van der Waals surface area contributed by atoms with Crippen LogP contribution in [-0.2, 0) is 27.4 Å². The number of morpholine rings is 1. The first-order valence-electron chi connectivity index (χ1n) is 10.1. The van der Waals surface area contributed by atoms with Gasteiger partial charge in [-0.1, -0.05) is 30.3 Å². The highest BCUT2D eigenvalue weighted by molar-refractivity contribution is 5.67. The molecule has 0 aliphatic carbocycles. The molecule has 1 saturated heterocycles. The van der Waals surface area contributed by atoms with Crippen LogP contribution in [0.5, 0.6) is 0 Å². The minimum absolute atomic E-state index is 0.0583. The van der Waals surface area contributed by atoms with E-state index in [4.69, 9.17) is 18.6 Å². The molecule has 2 heterocycles. The van der Waals surface area contributed by atoms with E-state index in [0.29, 0.717) is 32.9 Å². The molecule has 158 valence electrons. The van der Waals surface area contributed by atoms with Crippen LogP contribution < -0.4 is 5.32 Å². The van der Waals surface area contributed by atoms with Crippen LogP contribution in [0.1, 0.15) is 24.7 Å². The van der Waals surface area contributed by atoms with E-state index in [1.165, 1.54) is 0 Å². The molecule has 7 nitrogen and oxygen atoms in total. The maximum Gasteiger partial charge on any atom is 0.410 e. The van der Waals surface area contributed by atoms with E-state index < -0.39 is 0 Å². The minimum atomic E-state index is -0.291. The molecule has 7 heteroatoms. The Kier molecular flexibility index (Phi) is 8.55. The standard InChI is InChI=1S/C22H30N2O5/c1-18(23-10-6-12-26-17-20-9-5-13-27-20)21-15-24(11-14-28-21)22(25)29-16-19-7-3-2-4-8-19/h2-5,7-9,13,18,21,23H,6,10-12,14-17H2,1H3/t18-,21+/m0/s1. The van der Waals surface area contributed by atoms with Crippen LogP contribution >= 0.6 is 0 Å². The Morgan fingerprint density at radius 1 is 1.24 bits per heavy atom. The van der Waals surface area contributed by atoms with Gasteiger partial charge in [0.25, 0.3) is 0 Å². The largest absolute Gasteiger partial charge is 0.467 e. The third-order valence-corrected chi connectivity index (χ3v) is 4.87. The smallest absolute Gasteiger partial charge is 0.410 e. The molecule has 0 radical (unpaired) electrons. The predicted molar refractivity (Wildman–Crippen MR) is 108 cm³/mol. The number of hydrogen-bond donors (Lipinski definition) is 1. The third-order valence-electron chi connectivity index (χ3n) is 4.87. The van der Waals surface area contributed by atoms with Crippen LogP contribution in [-0.4, -0.2) is 56.0 Å². The fraction of sp³-hybridized carbons (Fsp3) is 0.500. The van der Waals surface area contributed by atoms with Gasteiger partial charge in [0.05, 0.1) is 25.5 Å². The summed E-state index contributed by atoms with van der Waals surface area (Å²) in [5, 5.41) is 3.46. The highest BCUT2D eigenvalue weighted by Gasteiger charge is 2.28. The number of nitrogens with one attached hydrogen (secondary N) is 1. The molecular weight excluding hydrogens is 372 g/mol. The Bertz CT molecular complexity index is 707. The second-order valence-electron chi connectivity index (χ2n) is 7.12. The molecule has 1 amide bonds. The maximum atomic E-state index is 12.4. The molecule has 1 aliphatic rings. The quantitative estimate of drug-likeness (QED) is 0.615. The molecule has 1 aromatic heterocycles. The van der Waals surface area contributed by atoms with E-state index >= 15 is 0 Å². The first-order valence-corrected chi connectivity index (χ1v) is 10.1. The highest BCUT2D eigenvalue weighted by Crippen LogP contribution is 2.12. The summed E-state index contributed by atoms with van der Waals surface area (Å²) in [5.74, 6) is 0.834. The molecule has 2 atom stereocenters. The first-order chi connectivity index (χ1) is 14.2. The zero-order valence-corrected chi connectivity index (χ0v) is 16.9. The minimum Gasteiger partial charge on any atom is -0.467 e. The summed E-state index contributed by atoms with van der Waals surface area (Å²) >= 11 is 0. The van der Waals surface area contributed by atoms with E-state index in [1.807, 2.05) is 42.5 Å². The molecule has 3 rings (SSSR count). The number of rotatable bonds is 10. The van der Waals surface area contributed by atoms with Gasteiger partial charge >= 0.3 is 6.09 Å². The van der Waals surface area contributed by atoms with Crippen molar-refractivity contribution in [3.05, 3.63) is 60.1 Å². The van der Waals surface area contributed by atoms with Gasteiger partial charge in [0.2, 0.25) is 0 Å². The van der Waals surface area contributed by atoms with Crippen molar-refractivity contribution in [1.29, 1.82) is 0 Å². The van der Waals surface area contributed by atoms with Crippen molar-refractivity contribution < 1.29 is 23.4 Å². The molecule has 1 N–H and O–H groups in total. The van der Waals surface area contributed by atoms with Gasteiger partial charge in [-0.05, 0) is 37.6 Å². The van der Waals surface area contributed by atoms with Crippen molar-refractivity contribution in [2.24, 2.45) is 0 Å². The van der Waals surface area contributed by atoms with Gasteiger partial charge in [-0.15, -0.1) is 0 Å². The Morgan fingerprint density at radius 2 is 2.10 bits per heavy atom. The zero-order chi connectivity index (χ0) is 20.3. The highest BCUT2D eigenvalue weighted by atomic mass is 16.6. The molecule has 29 heavy (non-hydrogen) atoms. The molecule has 0 bridgehead atoms. The van der Waals surface area contributed by atoms with Gasteiger partial charge in [0.15, 0.2) is 0 Å². The molecule has 0 unspecified atom stereocenters. The molecule has 0 saturated carbocycles. The van der Waals surface area contributed by atoms with Crippen molar-refractivity contribution in [2.75, 3.05) is 32.8 Å². The second kappa shape index (κ2) is 11.6. The van der Waals surface area contributed by atoms with Gasteiger partial charge in [-0.25, -0.2) is 4.79 Å². The molecule has 1 fully saturated rings. The van der Waals surface area contributed by atoms with Gasteiger partial charge in [-0.3, -0.25) is 0 Å². The number of hydrogen-bond acceptors (Lipinski definition) is 6. The summed E-state index contributed by atoms with van der Waals surface area (Å²) in [5.41, 5.74) is 0.981. The predicted octanol–water partition coefficient (Wildman–Crippen LogP) is 3.20. The monoisotopic (exact) mass is 402 g/mol. The van der Waals surface area contributed by atoms with Gasteiger partial charge in [0, 0.05) is 19.2 Å². The maximum absolute atomic E-state index is 12.4. The SMILES string of the molecule is C[C@H](NCCCOCc1ccco1)[C@H]1CN(C(=O)OCc2ccccc2)CCO1. The summed E-state index contributed by atoms with van der Waals surface area (Å²) in [6.45, 7) is 5.92. The topological polar surface area (TPSA) is 73.2 Å². The number of benzene rings is 1. The lowest BCUT2D eigenvalue weighted by Crippen LogP contribution is -2.53. The number of nitrogens with zero attached hydrogens (tertiary/aromatic N) is 1. The Labute approximate surface area is 171 Å². The second-order valence-corrected chi connectivity index (χ2v) is 7.12. The van der Waals surface area contributed by atoms with Crippen LogP contribution in [0.3, 0.4) is 0 Å². The van der Waals surface area contributed by atoms with E-state index in [-0.39, 0.29) is 24.8 Å². The van der Waals surface area contributed by atoms with Crippen molar-refractivity contribution in [2.45, 2.75) is 38.7 Å². The molecule has 1 aliphatic heterocycles. The van der Waals surface area contributed by atoms with Crippen molar-refractivity contribution in [1.82, 2.24) is 10.2 Å². The fourth-order valence-corrected chi connectivity index (χ4v) is 3.16. The van der Waals surface area contributed by atoms with Crippen LogP contribution in [0.2, 0.25) is 0 Å². The molecule has 1 aromatic carbocycles. The lowest BCUT2D eigenvalue weighted by atomic mass is 10.1. The van der Waals surface area contributed by atoms with Crippen LogP contribution in [0.4, 0.5) is 4.79 Å². The van der Waals surface area contributed by atoms with Crippen molar-refractivity contribution >= 4 is 6.09 Å².